The van der Waals surface area contributed by atoms with Gasteiger partial charge in [0.15, 0.2) is 0 Å². The molecule has 0 saturated heterocycles. The summed E-state index contributed by atoms with van der Waals surface area (Å²) >= 11 is 0. The normalized spacial score (nSPS) is 13.9. The molecule has 6 nitrogen and oxygen atoms in total. The molecule has 3 unspecified atom stereocenters. The Balaban J connectivity index is 4.66. The standard InChI is InChI=1S/C57H99NO5/c1-4-7-10-13-16-19-22-24-26-27-28-29-30-32-35-38-41-44-47-50-57(62)63-53(48-45-42-39-36-33-21-18-15-12-9-6-3)51-56(61)58-54(52-59)55(60)49-46-43-40-37-34-31-25-23-20-17-14-11-8-5-2/h7,10,16,19,24,26,28-29,32,35-36,39,41,44,53-55,59-60H,4-6,8-9,11-15,17-18,20-23,25,27,30-31,33-34,37-38,40,42-43,45-52H2,1-3H3,(H,58,61)/b10-7-,19-16-,26-24-,29-28-,35-32-,39-36-,44-41-. The summed E-state index contributed by atoms with van der Waals surface area (Å²) in [5, 5.41) is 23.7. The van der Waals surface area contributed by atoms with Gasteiger partial charge in [0.1, 0.15) is 6.10 Å². The van der Waals surface area contributed by atoms with Crippen molar-refractivity contribution in [3.8, 4) is 0 Å². The van der Waals surface area contributed by atoms with Crippen LogP contribution in [0.2, 0.25) is 0 Å². The number of carbonyl (C=O) groups excluding carboxylic acids is 2. The molecule has 0 heterocycles. The molecule has 6 heteroatoms. The zero-order valence-electron chi connectivity index (χ0n) is 41.2. The average Bonchev–Trinajstić information content (AvgIpc) is 3.28. The Morgan fingerprint density at radius 1 is 0.476 bits per heavy atom. The van der Waals surface area contributed by atoms with Gasteiger partial charge in [-0.15, -0.1) is 0 Å². The van der Waals surface area contributed by atoms with Crippen LogP contribution in [0.25, 0.3) is 0 Å². The molecule has 0 saturated carbocycles. The summed E-state index contributed by atoms with van der Waals surface area (Å²) in [5.74, 6) is -0.607. The molecule has 0 aliphatic rings. The van der Waals surface area contributed by atoms with E-state index in [-0.39, 0.29) is 31.3 Å². The highest BCUT2D eigenvalue weighted by molar-refractivity contribution is 5.77. The molecule has 0 aliphatic heterocycles. The lowest BCUT2D eigenvalue weighted by atomic mass is 10.0. The first-order valence-electron chi connectivity index (χ1n) is 26.3. The minimum atomic E-state index is -0.810. The second kappa shape index (κ2) is 50.0. The van der Waals surface area contributed by atoms with E-state index in [2.05, 4.69) is 105 Å². The number of hydrogen-bond acceptors (Lipinski definition) is 5. The largest absolute Gasteiger partial charge is 0.462 e. The van der Waals surface area contributed by atoms with E-state index >= 15 is 0 Å². The number of allylic oxidation sites excluding steroid dienone is 14. The minimum Gasteiger partial charge on any atom is -0.462 e. The molecule has 0 aromatic heterocycles. The number of rotatable bonds is 46. The van der Waals surface area contributed by atoms with Crippen LogP contribution < -0.4 is 5.32 Å². The number of carbonyl (C=O) groups is 2. The van der Waals surface area contributed by atoms with E-state index in [9.17, 15) is 19.8 Å². The molecule has 0 radical (unpaired) electrons. The fourth-order valence-corrected chi connectivity index (χ4v) is 7.52. The van der Waals surface area contributed by atoms with E-state index in [0.29, 0.717) is 19.3 Å². The van der Waals surface area contributed by atoms with Crippen LogP contribution in [0.15, 0.2) is 85.1 Å². The van der Waals surface area contributed by atoms with Gasteiger partial charge in [0.2, 0.25) is 5.91 Å². The summed E-state index contributed by atoms with van der Waals surface area (Å²) < 4.78 is 5.87. The van der Waals surface area contributed by atoms with Crippen molar-refractivity contribution in [1.82, 2.24) is 5.32 Å². The van der Waals surface area contributed by atoms with Crippen LogP contribution in [-0.2, 0) is 14.3 Å². The van der Waals surface area contributed by atoms with Gasteiger partial charge in [0.25, 0.3) is 0 Å². The van der Waals surface area contributed by atoms with Gasteiger partial charge in [-0.05, 0) is 83.5 Å². The first-order valence-corrected chi connectivity index (χ1v) is 26.3. The van der Waals surface area contributed by atoms with Gasteiger partial charge in [0.05, 0.1) is 25.2 Å². The average molecular weight is 878 g/mol. The molecule has 1 amide bonds. The highest BCUT2D eigenvalue weighted by Gasteiger charge is 2.23. The van der Waals surface area contributed by atoms with E-state index in [1.807, 2.05) is 6.08 Å². The van der Waals surface area contributed by atoms with Gasteiger partial charge in [-0.3, -0.25) is 9.59 Å². The summed E-state index contributed by atoms with van der Waals surface area (Å²) in [6.45, 7) is 6.33. The summed E-state index contributed by atoms with van der Waals surface area (Å²) in [4.78, 5) is 26.1. The second-order valence-electron chi connectivity index (χ2n) is 17.5. The Bertz CT molecular complexity index is 1210. The summed E-state index contributed by atoms with van der Waals surface area (Å²) in [5.41, 5.74) is 0. The Morgan fingerprint density at radius 2 is 0.873 bits per heavy atom. The Labute approximate surface area is 389 Å². The molecule has 0 aliphatic carbocycles. The van der Waals surface area contributed by atoms with Crippen molar-refractivity contribution in [3.63, 3.8) is 0 Å². The van der Waals surface area contributed by atoms with Crippen LogP contribution >= 0.6 is 0 Å². The van der Waals surface area contributed by atoms with Crippen molar-refractivity contribution in [2.75, 3.05) is 6.61 Å². The van der Waals surface area contributed by atoms with E-state index in [4.69, 9.17) is 4.74 Å². The number of hydrogen-bond donors (Lipinski definition) is 3. The number of esters is 1. The van der Waals surface area contributed by atoms with E-state index in [1.165, 1.54) is 109 Å². The fraction of sp³-hybridized carbons (Fsp3) is 0.719. The van der Waals surface area contributed by atoms with Gasteiger partial charge in [-0.25, -0.2) is 0 Å². The van der Waals surface area contributed by atoms with E-state index < -0.39 is 18.2 Å². The molecule has 0 rings (SSSR count). The van der Waals surface area contributed by atoms with Crippen LogP contribution in [0.5, 0.6) is 0 Å². The first kappa shape index (κ1) is 60.0. The van der Waals surface area contributed by atoms with Crippen molar-refractivity contribution in [2.45, 2.75) is 257 Å². The lowest BCUT2D eigenvalue weighted by Crippen LogP contribution is -2.46. The molecule has 3 N–H and O–H groups in total. The van der Waals surface area contributed by atoms with Crippen LogP contribution in [0.3, 0.4) is 0 Å². The third kappa shape index (κ3) is 45.4. The van der Waals surface area contributed by atoms with Crippen LogP contribution in [0.1, 0.15) is 239 Å². The van der Waals surface area contributed by atoms with Gasteiger partial charge in [-0.1, -0.05) is 228 Å². The molecule has 362 valence electrons. The number of unbranched alkanes of at least 4 members (excludes halogenated alkanes) is 20. The summed E-state index contributed by atoms with van der Waals surface area (Å²) in [7, 11) is 0. The summed E-state index contributed by atoms with van der Waals surface area (Å²) in [6.07, 6.45) is 65.1. The minimum absolute atomic E-state index is 0.0230. The fourth-order valence-electron chi connectivity index (χ4n) is 7.52. The Kier molecular flexibility index (Phi) is 47.7. The smallest absolute Gasteiger partial charge is 0.306 e. The second-order valence-corrected chi connectivity index (χ2v) is 17.5. The molecule has 0 aromatic carbocycles. The SMILES string of the molecule is CC/C=C\C/C=C\C/C=C\C/C=C\C/C=C\C/C=C\CCC(=O)OC(CCC/C=C\CCCCCCCC)CC(=O)NC(CO)C(O)CCCCCCCCCCCCCCCC. The zero-order chi connectivity index (χ0) is 45.9. The molecule has 0 bridgehead atoms. The molecule has 63 heavy (non-hydrogen) atoms. The van der Waals surface area contributed by atoms with Crippen molar-refractivity contribution in [2.24, 2.45) is 0 Å². The van der Waals surface area contributed by atoms with Gasteiger partial charge in [-0.2, -0.15) is 0 Å². The quantitative estimate of drug-likeness (QED) is 0.0322. The Morgan fingerprint density at radius 3 is 1.33 bits per heavy atom. The maximum Gasteiger partial charge on any atom is 0.306 e. The molecule has 3 atom stereocenters. The first-order chi connectivity index (χ1) is 31.0. The maximum absolute atomic E-state index is 13.2. The number of amides is 1. The van der Waals surface area contributed by atoms with Crippen LogP contribution in [-0.4, -0.2) is 46.9 Å². The molecule has 0 fully saturated rings. The number of aliphatic hydroxyl groups excluding tert-OH is 2. The number of nitrogens with one attached hydrogen (secondary N) is 1. The predicted molar refractivity (Wildman–Crippen MR) is 273 cm³/mol. The molecular weight excluding hydrogens is 779 g/mol. The van der Waals surface area contributed by atoms with Crippen LogP contribution in [0, 0.1) is 0 Å². The lowest BCUT2D eigenvalue weighted by Gasteiger charge is -2.24. The van der Waals surface area contributed by atoms with Crippen molar-refractivity contribution >= 4 is 11.9 Å². The zero-order valence-corrected chi connectivity index (χ0v) is 41.2. The molecule has 0 spiro atoms. The van der Waals surface area contributed by atoms with Crippen LogP contribution in [0.4, 0.5) is 0 Å². The number of ether oxygens (including phenoxy) is 1. The van der Waals surface area contributed by atoms with Gasteiger partial charge < -0.3 is 20.3 Å². The van der Waals surface area contributed by atoms with E-state index in [1.54, 1.807) is 0 Å². The highest BCUT2D eigenvalue weighted by Crippen LogP contribution is 2.16. The Hall–Kier alpha value is -2.96. The lowest BCUT2D eigenvalue weighted by molar-refractivity contribution is -0.150. The maximum atomic E-state index is 13.2. The van der Waals surface area contributed by atoms with Gasteiger partial charge >= 0.3 is 5.97 Å². The molecular formula is C57H99NO5. The van der Waals surface area contributed by atoms with Gasteiger partial charge in [0, 0.05) is 6.42 Å². The highest BCUT2D eigenvalue weighted by atomic mass is 16.5. The number of aliphatic hydroxyl groups is 2. The van der Waals surface area contributed by atoms with Crippen molar-refractivity contribution in [3.05, 3.63) is 85.1 Å². The third-order valence-electron chi connectivity index (χ3n) is 11.5. The monoisotopic (exact) mass is 878 g/mol. The van der Waals surface area contributed by atoms with Crippen molar-refractivity contribution in [1.29, 1.82) is 0 Å². The van der Waals surface area contributed by atoms with Crippen molar-refractivity contribution < 1.29 is 24.5 Å². The summed E-state index contributed by atoms with van der Waals surface area (Å²) in [6, 6.07) is -0.728. The van der Waals surface area contributed by atoms with E-state index in [0.717, 1.165) is 77.0 Å². The predicted octanol–water partition coefficient (Wildman–Crippen LogP) is 16.0. The third-order valence-corrected chi connectivity index (χ3v) is 11.5. The molecule has 0 aromatic rings. The topological polar surface area (TPSA) is 95.9 Å².